The van der Waals surface area contributed by atoms with E-state index in [9.17, 15) is 9.90 Å². The van der Waals surface area contributed by atoms with Crippen molar-refractivity contribution < 1.29 is 24.1 Å². The highest BCUT2D eigenvalue weighted by Crippen LogP contribution is 2.40. The minimum absolute atomic E-state index is 0.120. The molecule has 0 bridgehead atoms. The molecule has 4 aromatic carbocycles. The summed E-state index contributed by atoms with van der Waals surface area (Å²) < 4.78 is 18.0. The van der Waals surface area contributed by atoms with Crippen LogP contribution in [0, 0.1) is 0 Å². The summed E-state index contributed by atoms with van der Waals surface area (Å²) in [5, 5.41) is 10.4. The number of aromatic nitrogens is 1. The van der Waals surface area contributed by atoms with Gasteiger partial charge in [-0.15, -0.1) is 0 Å². The van der Waals surface area contributed by atoms with Crippen molar-refractivity contribution in [2.45, 2.75) is 13.2 Å². The summed E-state index contributed by atoms with van der Waals surface area (Å²) in [5.41, 5.74) is 3.94. The van der Waals surface area contributed by atoms with Crippen molar-refractivity contribution in [1.82, 2.24) is 4.98 Å². The highest BCUT2D eigenvalue weighted by molar-refractivity contribution is 5.98. The first-order valence-corrected chi connectivity index (χ1v) is 11.8. The minimum Gasteiger partial charge on any atom is -0.496 e. The van der Waals surface area contributed by atoms with Crippen LogP contribution >= 0.6 is 0 Å². The van der Waals surface area contributed by atoms with Crippen LogP contribution in [0.2, 0.25) is 0 Å². The van der Waals surface area contributed by atoms with Crippen molar-refractivity contribution in [1.29, 1.82) is 0 Å². The van der Waals surface area contributed by atoms with E-state index in [1.807, 2.05) is 97.1 Å². The molecule has 6 nitrogen and oxygen atoms in total. The lowest BCUT2D eigenvalue weighted by Crippen LogP contribution is -2.05. The Morgan fingerprint density at radius 2 is 1.32 bits per heavy atom. The van der Waals surface area contributed by atoms with Crippen molar-refractivity contribution in [3.63, 3.8) is 0 Å². The molecule has 0 radical (unpaired) electrons. The lowest BCUT2D eigenvalue weighted by atomic mass is 10.0. The van der Waals surface area contributed by atoms with E-state index in [0.29, 0.717) is 34.8 Å². The molecule has 0 saturated carbocycles. The molecule has 5 rings (SSSR count). The Morgan fingerprint density at radius 1 is 0.730 bits per heavy atom. The maximum Gasteiger partial charge on any atom is 0.354 e. The van der Waals surface area contributed by atoms with Gasteiger partial charge in [0.1, 0.15) is 36.0 Å². The molecule has 0 atom stereocenters. The van der Waals surface area contributed by atoms with E-state index in [1.165, 1.54) is 6.07 Å². The molecular weight excluding hydrogens is 466 g/mol. The number of hydrogen-bond donors (Lipinski definition) is 1. The van der Waals surface area contributed by atoms with E-state index >= 15 is 0 Å². The van der Waals surface area contributed by atoms with Crippen LogP contribution in [0.3, 0.4) is 0 Å². The number of carboxylic acid groups (broad SMARTS) is 1. The van der Waals surface area contributed by atoms with Gasteiger partial charge in [-0.3, -0.25) is 0 Å². The van der Waals surface area contributed by atoms with Gasteiger partial charge in [0.15, 0.2) is 5.69 Å². The first-order chi connectivity index (χ1) is 18.1. The lowest BCUT2D eigenvalue weighted by Gasteiger charge is -2.16. The summed E-state index contributed by atoms with van der Waals surface area (Å²) in [6, 6.07) is 32.4. The van der Waals surface area contributed by atoms with Gasteiger partial charge in [0.2, 0.25) is 0 Å². The molecule has 0 aliphatic carbocycles. The topological polar surface area (TPSA) is 77.9 Å². The molecule has 1 heterocycles. The molecule has 6 heteroatoms. The number of aromatic carboxylic acids is 1. The number of fused-ring (bicyclic) bond motifs is 1. The Labute approximate surface area is 214 Å². The monoisotopic (exact) mass is 491 g/mol. The van der Waals surface area contributed by atoms with Crippen LogP contribution in [0.4, 0.5) is 0 Å². The largest absolute Gasteiger partial charge is 0.496 e. The average Bonchev–Trinajstić information content (AvgIpc) is 2.95. The molecular formula is C31H25NO5. The molecule has 0 amide bonds. The third-order valence-corrected chi connectivity index (χ3v) is 5.95. The number of methoxy groups -OCH3 is 1. The van der Waals surface area contributed by atoms with Crippen LogP contribution in [0.5, 0.6) is 17.2 Å². The van der Waals surface area contributed by atoms with Crippen molar-refractivity contribution in [2.75, 3.05) is 7.11 Å². The predicted molar refractivity (Wildman–Crippen MR) is 142 cm³/mol. The number of rotatable bonds is 9. The highest BCUT2D eigenvalue weighted by Gasteiger charge is 2.19. The molecule has 0 fully saturated rings. The second-order valence-corrected chi connectivity index (χ2v) is 8.43. The first kappa shape index (κ1) is 23.9. The number of benzene rings is 4. The Kier molecular flexibility index (Phi) is 6.99. The summed E-state index contributed by atoms with van der Waals surface area (Å²) >= 11 is 0. The van der Waals surface area contributed by atoms with Crippen molar-refractivity contribution in [3.05, 3.63) is 120 Å². The number of carboxylic acids is 1. The Morgan fingerprint density at radius 3 is 1.95 bits per heavy atom. The van der Waals surface area contributed by atoms with Gasteiger partial charge < -0.3 is 19.3 Å². The Bertz CT molecular complexity index is 1530. The van der Waals surface area contributed by atoms with E-state index < -0.39 is 5.97 Å². The SMILES string of the molecule is COc1ccccc1-c1cc(OCc2ccccc2)c2nc(C(=O)O)cc(OCc3ccccc3)c2c1. The molecule has 0 aliphatic rings. The molecule has 5 aromatic rings. The van der Waals surface area contributed by atoms with Gasteiger partial charge in [-0.25, -0.2) is 9.78 Å². The number of pyridine rings is 1. The van der Waals surface area contributed by atoms with Gasteiger partial charge in [-0.05, 0) is 34.9 Å². The van der Waals surface area contributed by atoms with E-state index in [4.69, 9.17) is 14.2 Å². The van der Waals surface area contributed by atoms with E-state index in [2.05, 4.69) is 4.98 Å². The van der Waals surface area contributed by atoms with E-state index in [-0.39, 0.29) is 12.3 Å². The first-order valence-electron chi connectivity index (χ1n) is 11.8. The molecule has 0 spiro atoms. The molecule has 37 heavy (non-hydrogen) atoms. The minimum atomic E-state index is -1.14. The zero-order valence-corrected chi connectivity index (χ0v) is 20.3. The van der Waals surface area contributed by atoms with Crippen LogP contribution in [-0.4, -0.2) is 23.2 Å². The fraction of sp³-hybridized carbons (Fsp3) is 0.0968. The van der Waals surface area contributed by atoms with Gasteiger partial charge in [-0.2, -0.15) is 0 Å². The maximum absolute atomic E-state index is 12.0. The molecule has 184 valence electrons. The fourth-order valence-electron chi connectivity index (χ4n) is 4.11. The zero-order valence-electron chi connectivity index (χ0n) is 20.3. The summed E-state index contributed by atoms with van der Waals surface area (Å²) in [4.78, 5) is 16.4. The summed E-state index contributed by atoms with van der Waals surface area (Å²) in [5.74, 6) is 0.425. The van der Waals surface area contributed by atoms with E-state index in [1.54, 1.807) is 7.11 Å². The third-order valence-electron chi connectivity index (χ3n) is 5.95. The van der Waals surface area contributed by atoms with Crippen molar-refractivity contribution in [3.8, 4) is 28.4 Å². The maximum atomic E-state index is 12.0. The molecule has 0 unspecified atom stereocenters. The number of ether oxygens (including phenoxy) is 3. The van der Waals surface area contributed by atoms with Crippen LogP contribution in [0.15, 0.2) is 103 Å². The van der Waals surface area contributed by atoms with Crippen LogP contribution in [0.1, 0.15) is 21.6 Å². The molecule has 0 saturated heterocycles. The standard InChI is InChI=1S/C31H25NO5/c1-35-27-15-9-8-14-24(27)23-16-25-28(36-19-21-10-4-2-5-11-21)18-26(31(33)34)32-30(25)29(17-23)37-20-22-12-6-3-7-13-22/h2-18H,19-20H2,1H3,(H,33,34). The third kappa shape index (κ3) is 5.38. The number of hydrogen-bond acceptors (Lipinski definition) is 5. The number of nitrogens with zero attached hydrogens (tertiary/aromatic N) is 1. The van der Waals surface area contributed by atoms with Crippen LogP contribution < -0.4 is 14.2 Å². The average molecular weight is 492 g/mol. The van der Waals surface area contributed by atoms with Crippen molar-refractivity contribution in [2.24, 2.45) is 0 Å². The number of carbonyl (C=O) groups is 1. The molecule has 1 N–H and O–H groups in total. The zero-order chi connectivity index (χ0) is 25.6. The highest BCUT2D eigenvalue weighted by atomic mass is 16.5. The van der Waals surface area contributed by atoms with Crippen LogP contribution in [0.25, 0.3) is 22.0 Å². The summed E-state index contributed by atoms with van der Waals surface area (Å²) in [7, 11) is 1.63. The van der Waals surface area contributed by atoms with Gasteiger partial charge in [0.05, 0.1) is 7.11 Å². The number of para-hydroxylation sites is 1. The van der Waals surface area contributed by atoms with Gasteiger partial charge in [0.25, 0.3) is 0 Å². The Hall–Kier alpha value is -4.84. The second-order valence-electron chi connectivity index (χ2n) is 8.43. The Balaban J connectivity index is 1.66. The molecule has 0 aliphatic heterocycles. The normalized spacial score (nSPS) is 10.7. The summed E-state index contributed by atoms with van der Waals surface area (Å²) in [6.07, 6.45) is 0. The second kappa shape index (κ2) is 10.8. The van der Waals surface area contributed by atoms with Crippen molar-refractivity contribution >= 4 is 16.9 Å². The smallest absolute Gasteiger partial charge is 0.354 e. The van der Waals surface area contributed by atoms with Crippen LogP contribution in [-0.2, 0) is 13.2 Å². The quantitative estimate of drug-likeness (QED) is 0.245. The fourth-order valence-corrected chi connectivity index (χ4v) is 4.11. The lowest BCUT2D eigenvalue weighted by molar-refractivity contribution is 0.0690. The van der Waals surface area contributed by atoms with Gasteiger partial charge >= 0.3 is 5.97 Å². The summed E-state index contributed by atoms with van der Waals surface area (Å²) in [6.45, 7) is 0.572. The molecule has 1 aromatic heterocycles. The predicted octanol–water partition coefficient (Wildman–Crippen LogP) is 6.77. The van der Waals surface area contributed by atoms with Gasteiger partial charge in [-0.1, -0.05) is 78.9 Å². The van der Waals surface area contributed by atoms with E-state index in [0.717, 1.165) is 22.3 Å². The van der Waals surface area contributed by atoms with Gasteiger partial charge in [0, 0.05) is 17.0 Å².